The number of hydrogen-bond donors (Lipinski definition) is 0. The Hall–Kier alpha value is -0.230. The molecule has 1 heteroatoms. The lowest BCUT2D eigenvalue weighted by Crippen LogP contribution is -1.57. The maximum Gasteiger partial charge on any atom is 0.0360 e. The van der Waals surface area contributed by atoms with Crippen LogP contribution in [0.25, 0.3) is 0 Å². The van der Waals surface area contributed by atoms with Gasteiger partial charge in [0.15, 0.2) is 0 Å². The Balaban J connectivity index is 3.49. The van der Waals surface area contributed by atoms with Crippen molar-refractivity contribution in [3.05, 3.63) is 23.8 Å². The van der Waals surface area contributed by atoms with Crippen LogP contribution in [0.5, 0.6) is 0 Å². The summed E-state index contributed by atoms with van der Waals surface area (Å²) in [5.41, 5.74) is 0. The molecule has 0 saturated heterocycles. The number of halogens is 1. The average molecular weight is 117 g/mol. The Bertz CT molecular complexity index is 82.2. The van der Waals surface area contributed by atoms with E-state index in [1.807, 2.05) is 13.0 Å². The molecule has 0 aromatic heterocycles. The molecule has 0 aromatic carbocycles. The molecule has 0 aliphatic rings. The van der Waals surface area contributed by atoms with Gasteiger partial charge < -0.3 is 0 Å². The van der Waals surface area contributed by atoms with Crippen LogP contribution in [0.4, 0.5) is 0 Å². The molecular weight excluding hydrogens is 108 g/mol. The van der Waals surface area contributed by atoms with Crippen LogP contribution in [0.2, 0.25) is 0 Å². The van der Waals surface area contributed by atoms with Crippen LogP contribution in [0, 0.1) is 0 Å². The fraction of sp³-hybridized carbons (Fsp3) is 0.333. The molecule has 0 fully saturated rings. The third-order valence-electron chi connectivity index (χ3n) is 0.594. The van der Waals surface area contributed by atoms with E-state index in [0.29, 0.717) is 0 Å². The standard InChI is InChI=1S/C6H9Cl/c1-3-5-6(7)4-2/h4-5H,2-3H2,1H3/b6-5+. The van der Waals surface area contributed by atoms with E-state index in [9.17, 15) is 0 Å². The Morgan fingerprint density at radius 1 is 1.86 bits per heavy atom. The van der Waals surface area contributed by atoms with E-state index in [0.717, 1.165) is 11.5 Å². The minimum Gasteiger partial charge on any atom is -0.0976 e. The first-order valence-corrected chi connectivity index (χ1v) is 2.67. The molecule has 40 valence electrons. The van der Waals surface area contributed by atoms with Gasteiger partial charge in [-0.3, -0.25) is 0 Å². The Morgan fingerprint density at radius 3 is 2.57 bits per heavy atom. The maximum atomic E-state index is 5.51. The highest BCUT2D eigenvalue weighted by Crippen LogP contribution is 2.01. The predicted molar refractivity (Wildman–Crippen MR) is 34.4 cm³/mol. The van der Waals surface area contributed by atoms with Crippen LogP contribution < -0.4 is 0 Å². The third kappa shape index (κ3) is 3.60. The van der Waals surface area contributed by atoms with E-state index in [1.54, 1.807) is 6.08 Å². The largest absolute Gasteiger partial charge is 0.0976 e. The van der Waals surface area contributed by atoms with Crippen LogP contribution in [0.3, 0.4) is 0 Å². The molecule has 0 nitrogen and oxygen atoms in total. The van der Waals surface area contributed by atoms with Gasteiger partial charge in [-0.2, -0.15) is 0 Å². The van der Waals surface area contributed by atoms with Crippen molar-refractivity contribution in [2.75, 3.05) is 0 Å². The molecule has 0 amide bonds. The Labute approximate surface area is 49.5 Å². The molecule has 0 rings (SSSR count). The van der Waals surface area contributed by atoms with Crippen LogP contribution >= 0.6 is 11.6 Å². The molecule has 0 unspecified atom stereocenters. The second kappa shape index (κ2) is 3.94. The second-order valence-corrected chi connectivity index (χ2v) is 1.64. The van der Waals surface area contributed by atoms with Crippen LogP contribution in [0.15, 0.2) is 23.8 Å². The lowest BCUT2D eigenvalue weighted by atomic mass is 10.4. The van der Waals surface area contributed by atoms with Crippen molar-refractivity contribution in [2.45, 2.75) is 13.3 Å². The predicted octanol–water partition coefficient (Wildman–Crippen LogP) is 2.71. The highest BCUT2D eigenvalue weighted by atomic mass is 35.5. The molecule has 0 aromatic rings. The van der Waals surface area contributed by atoms with E-state index < -0.39 is 0 Å². The first-order chi connectivity index (χ1) is 3.31. The summed E-state index contributed by atoms with van der Waals surface area (Å²) in [4.78, 5) is 0. The molecule has 0 aliphatic heterocycles. The topological polar surface area (TPSA) is 0 Å². The fourth-order valence-electron chi connectivity index (χ4n) is 0.278. The molecule has 0 atom stereocenters. The van der Waals surface area contributed by atoms with E-state index in [4.69, 9.17) is 11.6 Å². The molecule has 0 N–H and O–H groups in total. The first kappa shape index (κ1) is 6.77. The zero-order valence-corrected chi connectivity index (χ0v) is 5.20. The van der Waals surface area contributed by atoms with Gasteiger partial charge in [0.1, 0.15) is 0 Å². The summed E-state index contributed by atoms with van der Waals surface area (Å²) < 4.78 is 0. The van der Waals surface area contributed by atoms with Gasteiger partial charge >= 0.3 is 0 Å². The van der Waals surface area contributed by atoms with Crippen molar-refractivity contribution in [2.24, 2.45) is 0 Å². The fourth-order valence-corrected chi connectivity index (χ4v) is 0.433. The normalized spacial score (nSPS) is 11.4. The van der Waals surface area contributed by atoms with Crippen molar-refractivity contribution in [3.8, 4) is 0 Å². The summed E-state index contributed by atoms with van der Waals surface area (Å²) >= 11 is 5.51. The smallest absolute Gasteiger partial charge is 0.0360 e. The molecular formula is C6H9Cl. The van der Waals surface area contributed by atoms with Crippen LogP contribution in [-0.4, -0.2) is 0 Å². The minimum absolute atomic E-state index is 0.738. The Morgan fingerprint density at radius 2 is 2.43 bits per heavy atom. The van der Waals surface area contributed by atoms with E-state index in [-0.39, 0.29) is 0 Å². The number of allylic oxidation sites excluding steroid dienone is 3. The summed E-state index contributed by atoms with van der Waals surface area (Å²) in [6.45, 7) is 5.51. The van der Waals surface area contributed by atoms with Gasteiger partial charge in [-0.25, -0.2) is 0 Å². The summed E-state index contributed by atoms with van der Waals surface area (Å²) in [5, 5.41) is 0.738. The quantitative estimate of drug-likeness (QED) is 0.487. The van der Waals surface area contributed by atoms with Gasteiger partial charge in [0.05, 0.1) is 0 Å². The molecule has 0 radical (unpaired) electrons. The van der Waals surface area contributed by atoms with Gasteiger partial charge in [0.2, 0.25) is 0 Å². The Kier molecular flexibility index (Phi) is 3.81. The highest BCUT2D eigenvalue weighted by Gasteiger charge is 1.75. The van der Waals surface area contributed by atoms with Crippen LogP contribution in [0.1, 0.15) is 13.3 Å². The van der Waals surface area contributed by atoms with Crippen molar-refractivity contribution in [1.29, 1.82) is 0 Å². The summed E-state index contributed by atoms with van der Waals surface area (Å²) in [5.74, 6) is 0. The molecule has 0 bridgehead atoms. The van der Waals surface area contributed by atoms with Crippen molar-refractivity contribution < 1.29 is 0 Å². The van der Waals surface area contributed by atoms with E-state index in [2.05, 4.69) is 6.58 Å². The molecule has 0 aliphatic carbocycles. The van der Waals surface area contributed by atoms with Crippen molar-refractivity contribution in [1.82, 2.24) is 0 Å². The minimum atomic E-state index is 0.738. The van der Waals surface area contributed by atoms with Crippen molar-refractivity contribution >= 4 is 11.6 Å². The molecule has 7 heavy (non-hydrogen) atoms. The number of rotatable bonds is 2. The average Bonchev–Trinajstić information content (AvgIpc) is 1.68. The summed E-state index contributed by atoms with van der Waals surface area (Å²) in [6.07, 6.45) is 4.52. The van der Waals surface area contributed by atoms with E-state index >= 15 is 0 Å². The van der Waals surface area contributed by atoms with Gasteiger partial charge in [-0.15, -0.1) is 0 Å². The van der Waals surface area contributed by atoms with Crippen LogP contribution in [-0.2, 0) is 0 Å². The van der Waals surface area contributed by atoms with Gasteiger partial charge in [-0.05, 0) is 6.42 Å². The summed E-state index contributed by atoms with van der Waals surface area (Å²) in [6, 6.07) is 0. The second-order valence-electron chi connectivity index (χ2n) is 1.20. The summed E-state index contributed by atoms with van der Waals surface area (Å²) in [7, 11) is 0. The number of hydrogen-bond acceptors (Lipinski definition) is 0. The van der Waals surface area contributed by atoms with Gasteiger partial charge in [0.25, 0.3) is 0 Å². The van der Waals surface area contributed by atoms with Gasteiger partial charge in [-0.1, -0.05) is 37.3 Å². The lowest BCUT2D eigenvalue weighted by molar-refractivity contribution is 1.22. The zero-order valence-electron chi connectivity index (χ0n) is 4.45. The molecule has 0 saturated carbocycles. The third-order valence-corrected chi connectivity index (χ3v) is 0.903. The first-order valence-electron chi connectivity index (χ1n) is 2.29. The molecule has 0 spiro atoms. The SMILES string of the molecule is C=C/C(Cl)=C\CC. The lowest BCUT2D eigenvalue weighted by Gasteiger charge is -1.80. The van der Waals surface area contributed by atoms with Gasteiger partial charge in [0, 0.05) is 5.03 Å². The monoisotopic (exact) mass is 116 g/mol. The highest BCUT2D eigenvalue weighted by molar-refractivity contribution is 6.31. The van der Waals surface area contributed by atoms with Crippen molar-refractivity contribution in [3.63, 3.8) is 0 Å². The zero-order chi connectivity index (χ0) is 5.70. The maximum absolute atomic E-state index is 5.51. The van der Waals surface area contributed by atoms with E-state index in [1.165, 1.54) is 0 Å². The molecule has 0 heterocycles.